The summed E-state index contributed by atoms with van der Waals surface area (Å²) in [6.07, 6.45) is 0. The Kier molecular flexibility index (Phi) is 6.87. The Labute approximate surface area is 183 Å². The molecule has 0 saturated carbocycles. The molecular weight excluding hydrogens is 445 g/mol. The summed E-state index contributed by atoms with van der Waals surface area (Å²) in [5, 5.41) is 13.4. The van der Waals surface area contributed by atoms with Gasteiger partial charge in [0.1, 0.15) is 12.7 Å². The first kappa shape index (κ1) is 23.0. The Morgan fingerprint density at radius 1 is 1.23 bits per heavy atom. The van der Waals surface area contributed by atoms with Gasteiger partial charge in [0.15, 0.2) is 0 Å². The highest BCUT2D eigenvalue weighted by molar-refractivity contribution is 7.89. The van der Waals surface area contributed by atoms with Crippen LogP contribution < -0.4 is 0 Å². The second-order valence-corrected chi connectivity index (χ2v) is 10.4. The minimum atomic E-state index is -4.24. The van der Waals surface area contributed by atoms with Crippen molar-refractivity contribution in [3.8, 4) is 22.2 Å². The smallest absolute Gasteiger partial charge is 0.322 e. The van der Waals surface area contributed by atoms with Gasteiger partial charge in [0.2, 0.25) is 15.8 Å². The predicted molar refractivity (Wildman–Crippen MR) is 114 cm³/mol. The first-order valence-corrected chi connectivity index (χ1v) is 11.7. The van der Waals surface area contributed by atoms with Crippen LogP contribution in [0.1, 0.15) is 18.7 Å². The molecular formula is C20H22FN3O5S2. The number of nitrogens with zero attached hydrogens (tertiary/aromatic N) is 3. The zero-order valence-electron chi connectivity index (χ0n) is 17.1. The van der Waals surface area contributed by atoms with Crippen LogP contribution in [0.4, 0.5) is 4.39 Å². The summed E-state index contributed by atoms with van der Waals surface area (Å²) < 4.78 is 45.2. The highest BCUT2D eigenvalue weighted by Crippen LogP contribution is 2.29. The Balaban J connectivity index is 1.90. The van der Waals surface area contributed by atoms with Crippen LogP contribution in [0.5, 0.6) is 0 Å². The van der Waals surface area contributed by atoms with E-state index in [4.69, 9.17) is 4.52 Å². The molecule has 0 amide bonds. The van der Waals surface area contributed by atoms with Crippen molar-refractivity contribution in [3.05, 3.63) is 41.3 Å². The van der Waals surface area contributed by atoms with Crippen LogP contribution in [0, 0.1) is 12.8 Å². The average molecular weight is 468 g/mol. The normalized spacial score (nSPS) is 13.1. The first-order valence-electron chi connectivity index (χ1n) is 9.46. The second-order valence-electron chi connectivity index (χ2n) is 7.19. The molecule has 0 aliphatic heterocycles. The molecule has 2 heterocycles. The third kappa shape index (κ3) is 4.83. The van der Waals surface area contributed by atoms with Gasteiger partial charge in [0.05, 0.1) is 9.77 Å². The molecule has 0 fully saturated rings. The molecule has 0 aliphatic carbocycles. The molecule has 3 aromatic rings. The molecule has 1 atom stereocenters. The summed E-state index contributed by atoms with van der Waals surface area (Å²) in [7, 11) is -4.24. The fourth-order valence-electron chi connectivity index (χ4n) is 3.13. The van der Waals surface area contributed by atoms with Gasteiger partial charge in [-0.25, -0.2) is 12.8 Å². The van der Waals surface area contributed by atoms with E-state index in [0.717, 1.165) is 9.75 Å². The van der Waals surface area contributed by atoms with Gasteiger partial charge >= 0.3 is 5.97 Å². The number of aromatic nitrogens is 2. The number of hydrogen-bond donors (Lipinski definition) is 1. The van der Waals surface area contributed by atoms with E-state index in [1.54, 1.807) is 13.8 Å². The van der Waals surface area contributed by atoms with Crippen LogP contribution in [0.25, 0.3) is 22.2 Å². The number of aliphatic carboxylic acids is 1. The maximum absolute atomic E-state index is 13.1. The van der Waals surface area contributed by atoms with Crippen LogP contribution in [-0.2, 0) is 14.8 Å². The van der Waals surface area contributed by atoms with E-state index in [9.17, 15) is 22.7 Å². The monoisotopic (exact) mass is 467 g/mol. The van der Waals surface area contributed by atoms with Crippen LogP contribution in [0.15, 0.2) is 45.8 Å². The third-order valence-corrected chi connectivity index (χ3v) is 7.49. The number of carboxylic acids is 1. The zero-order valence-corrected chi connectivity index (χ0v) is 18.8. The number of alkyl halides is 1. The molecule has 0 aliphatic rings. The fraction of sp³-hybridized carbons (Fsp3) is 0.350. The molecule has 0 radical (unpaired) electrons. The van der Waals surface area contributed by atoms with Crippen LogP contribution in [0.2, 0.25) is 0 Å². The van der Waals surface area contributed by atoms with Crippen LogP contribution in [-0.4, -0.2) is 53.2 Å². The minimum Gasteiger partial charge on any atom is -0.480 e. The van der Waals surface area contributed by atoms with E-state index in [-0.39, 0.29) is 10.8 Å². The number of thiophene rings is 1. The number of carboxylic acid groups (broad SMARTS) is 1. The lowest BCUT2D eigenvalue weighted by molar-refractivity contribution is -0.143. The number of aryl methyl sites for hydroxylation is 1. The standard InChI is InChI=1S/C20H22FN3O5S2/c1-12(2)17(20(25)26)24(11-10-21)31(27,28)15-7-5-14(6-8-15)19-22-18(23-29-19)16-9-4-13(3)30-16/h4-9,12,17H,10-11H2,1-3H3,(H,25,26)/t17-/m1/s1. The van der Waals surface area contributed by atoms with Crippen LogP contribution in [0.3, 0.4) is 0 Å². The molecule has 11 heteroatoms. The highest BCUT2D eigenvalue weighted by atomic mass is 32.2. The van der Waals surface area contributed by atoms with E-state index < -0.39 is 41.2 Å². The Morgan fingerprint density at radius 2 is 1.90 bits per heavy atom. The summed E-state index contributed by atoms with van der Waals surface area (Å²) in [6, 6.07) is 8.05. The molecule has 2 aromatic heterocycles. The van der Waals surface area contributed by atoms with Gasteiger partial charge in [-0.1, -0.05) is 19.0 Å². The van der Waals surface area contributed by atoms with Crippen molar-refractivity contribution in [3.63, 3.8) is 0 Å². The van der Waals surface area contributed by atoms with Crippen molar-refractivity contribution in [2.75, 3.05) is 13.2 Å². The van der Waals surface area contributed by atoms with Gasteiger partial charge in [-0.05, 0) is 49.2 Å². The number of halogens is 1. The van der Waals surface area contributed by atoms with E-state index in [0.29, 0.717) is 15.7 Å². The molecule has 8 nitrogen and oxygen atoms in total. The molecule has 166 valence electrons. The molecule has 3 rings (SSSR count). The molecule has 0 bridgehead atoms. The van der Waals surface area contributed by atoms with Gasteiger partial charge in [-0.15, -0.1) is 11.3 Å². The lowest BCUT2D eigenvalue weighted by atomic mass is 10.1. The third-order valence-electron chi connectivity index (χ3n) is 4.59. The van der Waals surface area contributed by atoms with Crippen molar-refractivity contribution in [2.45, 2.75) is 31.7 Å². The SMILES string of the molecule is Cc1ccc(-c2noc(-c3ccc(S(=O)(=O)N(CCF)[C@@H](C(=O)O)C(C)C)cc3)n2)s1. The van der Waals surface area contributed by atoms with Gasteiger partial charge in [-0.2, -0.15) is 9.29 Å². The number of benzene rings is 1. The lowest BCUT2D eigenvalue weighted by Crippen LogP contribution is -2.48. The van der Waals surface area contributed by atoms with Gasteiger partial charge in [0.25, 0.3) is 5.89 Å². The van der Waals surface area contributed by atoms with E-state index >= 15 is 0 Å². The highest BCUT2D eigenvalue weighted by Gasteiger charge is 2.37. The number of rotatable bonds is 9. The first-order chi connectivity index (χ1) is 14.6. The van der Waals surface area contributed by atoms with E-state index in [2.05, 4.69) is 10.1 Å². The average Bonchev–Trinajstić information content (AvgIpc) is 3.36. The Hall–Kier alpha value is -2.63. The topological polar surface area (TPSA) is 114 Å². The Morgan fingerprint density at radius 3 is 2.42 bits per heavy atom. The maximum Gasteiger partial charge on any atom is 0.322 e. The molecule has 0 saturated heterocycles. The zero-order chi connectivity index (χ0) is 22.8. The molecule has 31 heavy (non-hydrogen) atoms. The van der Waals surface area contributed by atoms with Gasteiger partial charge < -0.3 is 9.63 Å². The number of hydrogen-bond acceptors (Lipinski definition) is 7. The number of carbonyl (C=O) groups is 1. The molecule has 1 aromatic carbocycles. The van der Waals surface area contributed by atoms with E-state index in [1.165, 1.54) is 35.6 Å². The van der Waals surface area contributed by atoms with Gasteiger partial charge in [0, 0.05) is 17.0 Å². The van der Waals surface area contributed by atoms with Gasteiger partial charge in [-0.3, -0.25) is 4.79 Å². The summed E-state index contributed by atoms with van der Waals surface area (Å²) in [5.74, 6) is -1.22. The summed E-state index contributed by atoms with van der Waals surface area (Å²) in [5.41, 5.74) is 0.502. The summed E-state index contributed by atoms with van der Waals surface area (Å²) >= 11 is 1.52. The van der Waals surface area contributed by atoms with Crippen molar-refractivity contribution in [1.82, 2.24) is 14.4 Å². The molecule has 1 N–H and O–H groups in total. The van der Waals surface area contributed by atoms with E-state index in [1.807, 2.05) is 19.1 Å². The molecule has 0 unspecified atom stereocenters. The predicted octanol–water partition coefficient (Wildman–Crippen LogP) is 3.84. The largest absolute Gasteiger partial charge is 0.480 e. The van der Waals surface area contributed by atoms with Crippen LogP contribution >= 0.6 is 11.3 Å². The second kappa shape index (κ2) is 9.25. The Bertz CT molecular complexity index is 1160. The summed E-state index contributed by atoms with van der Waals surface area (Å²) in [6.45, 7) is 3.57. The van der Waals surface area contributed by atoms with Crippen molar-refractivity contribution >= 4 is 27.3 Å². The van der Waals surface area contributed by atoms with Crippen molar-refractivity contribution in [1.29, 1.82) is 0 Å². The molecule has 0 spiro atoms. The maximum atomic E-state index is 13.1. The number of sulfonamides is 1. The fourth-order valence-corrected chi connectivity index (χ4v) is 5.62. The quantitative estimate of drug-likeness (QED) is 0.508. The summed E-state index contributed by atoms with van der Waals surface area (Å²) in [4.78, 5) is 17.8. The van der Waals surface area contributed by atoms with Crippen molar-refractivity contribution < 1.29 is 27.2 Å². The van der Waals surface area contributed by atoms with Crippen molar-refractivity contribution in [2.24, 2.45) is 5.92 Å². The lowest BCUT2D eigenvalue weighted by Gasteiger charge is -2.29. The minimum absolute atomic E-state index is 0.148.